The van der Waals surface area contributed by atoms with Gasteiger partial charge in [-0.1, -0.05) is 5.16 Å². The molecule has 0 atom stereocenters. The monoisotopic (exact) mass is 346 g/mol. The van der Waals surface area contributed by atoms with Gasteiger partial charge in [-0.15, -0.1) is 0 Å². The molecule has 0 radical (unpaired) electrons. The summed E-state index contributed by atoms with van der Waals surface area (Å²) < 4.78 is 8.66. The molecule has 0 spiro atoms. The zero-order valence-electron chi connectivity index (χ0n) is 14.4. The number of hydrogen-bond acceptors (Lipinski definition) is 6. The summed E-state index contributed by atoms with van der Waals surface area (Å²) in [5.41, 5.74) is 0.0142. The van der Waals surface area contributed by atoms with Crippen molar-refractivity contribution in [2.75, 3.05) is 7.05 Å². The van der Waals surface area contributed by atoms with Crippen molar-refractivity contribution >= 4 is 17.1 Å². The van der Waals surface area contributed by atoms with E-state index < -0.39 is 11.2 Å². The van der Waals surface area contributed by atoms with E-state index in [-0.39, 0.29) is 30.2 Å². The Morgan fingerprint density at radius 1 is 1.32 bits per heavy atom. The van der Waals surface area contributed by atoms with Crippen molar-refractivity contribution in [2.24, 2.45) is 14.1 Å². The smallest absolute Gasteiger partial charge is 0.332 e. The van der Waals surface area contributed by atoms with Gasteiger partial charge in [0, 0.05) is 27.2 Å². The Morgan fingerprint density at radius 2 is 2.04 bits per heavy atom. The number of amides is 1. The fraction of sp³-hybridized carbons (Fsp3) is 0.400. The van der Waals surface area contributed by atoms with Gasteiger partial charge in [0.25, 0.3) is 5.56 Å². The molecule has 0 unspecified atom stereocenters. The van der Waals surface area contributed by atoms with Crippen molar-refractivity contribution in [3.63, 3.8) is 0 Å². The van der Waals surface area contributed by atoms with Crippen molar-refractivity contribution in [1.29, 1.82) is 0 Å². The minimum absolute atomic E-state index is 0.221. The summed E-state index contributed by atoms with van der Waals surface area (Å²) in [4.78, 5) is 42.9. The molecule has 0 aromatic carbocycles. The zero-order valence-corrected chi connectivity index (χ0v) is 14.4. The fourth-order valence-electron chi connectivity index (χ4n) is 2.62. The van der Waals surface area contributed by atoms with Crippen LogP contribution in [-0.2, 0) is 32.0 Å². The van der Waals surface area contributed by atoms with E-state index in [1.165, 1.54) is 27.4 Å². The predicted octanol–water partition coefficient (Wildman–Crippen LogP) is -0.611. The van der Waals surface area contributed by atoms with Gasteiger partial charge in [0.2, 0.25) is 5.91 Å². The van der Waals surface area contributed by atoms with Crippen molar-refractivity contribution in [3.05, 3.63) is 44.7 Å². The highest BCUT2D eigenvalue weighted by Gasteiger charge is 2.19. The second-order valence-corrected chi connectivity index (χ2v) is 5.94. The van der Waals surface area contributed by atoms with Crippen LogP contribution in [0.2, 0.25) is 0 Å². The van der Waals surface area contributed by atoms with Crippen LogP contribution in [0.15, 0.2) is 26.5 Å². The van der Waals surface area contributed by atoms with E-state index in [4.69, 9.17) is 4.52 Å². The maximum atomic E-state index is 12.6. The highest BCUT2D eigenvalue weighted by Crippen LogP contribution is 2.06. The van der Waals surface area contributed by atoms with Crippen LogP contribution >= 0.6 is 0 Å². The molecule has 0 saturated heterocycles. The summed E-state index contributed by atoms with van der Waals surface area (Å²) in [6.45, 7) is 1.61. The Labute approximate surface area is 141 Å². The Morgan fingerprint density at radius 3 is 2.68 bits per heavy atom. The van der Waals surface area contributed by atoms with Crippen molar-refractivity contribution < 1.29 is 9.32 Å². The van der Waals surface area contributed by atoms with Crippen molar-refractivity contribution in [3.8, 4) is 0 Å². The number of aromatic nitrogens is 5. The normalized spacial score (nSPS) is 11.2. The molecule has 3 aromatic heterocycles. The Kier molecular flexibility index (Phi) is 4.03. The van der Waals surface area contributed by atoms with Crippen LogP contribution in [0.4, 0.5) is 0 Å². The SMILES string of the molecule is Cc1cc(CN(C)C(=O)Cn2c(=O)c3c(ncn3C)n(C)c2=O)no1. The number of likely N-dealkylation sites (N-methyl/N-ethyl adjacent to an activating group) is 1. The van der Waals surface area contributed by atoms with E-state index in [0.717, 1.165) is 4.57 Å². The van der Waals surface area contributed by atoms with Gasteiger partial charge in [-0.25, -0.2) is 14.3 Å². The topological polar surface area (TPSA) is 108 Å². The van der Waals surface area contributed by atoms with E-state index in [1.54, 1.807) is 27.1 Å². The summed E-state index contributed by atoms with van der Waals surface area (Å²) in [5, 5.41) is 3.83. The molecule has 1 amide bonds. The summed E-state index contributed by atoms with van der Waals surface area (Å²) in [5.74, 6) is 0.254. The van der Waals surface area contributed by atoms with Gasteiger partial charge in [0.1, 0.15) is 18.0 Å². The molecule has 0 bridgehead atoms. The first-order valence-electron chi connectivity index (χ1n) is 7.56. The van der Waals surface area contributed by atoms with Gasteiger partial charge < -0.3 is 14.0 Å². The number of rotatable bonds is 4. The molecule has 0 saturated carbocycles. The molecule has 3 rings (SSSR count). The number of fused-ring (bicyclic) bond motifs is 1. The van der Waals surface area contributed by atoms with E-state index in [9.17, 15) is 14.4 Å². The van der Waals surface area contributed by atoms with Gasteiger partial charge in [-0.3, -0.25) is 14.2 Å². The number of nitrogens with zero attached hydrogens (tertiary/aromatic N) is 6. The standard InChI is InChI=1S/C15H18N6O4/c1-9-5-10(17-25-9)6-18(2)11(22)7-21-14(23)12-13(16-8-19(12)3)20(4)15(21)24/h5,8H,6-7H2,1-4H3. The first kappa shape index (κ1) is 16.7. The largest absolute Gasteiger partial charge is 0.361 e. The highest BCUT2D eigenvalue weighted by molar-refractivity contribution is 5.76. The van der Waals surface area contributed by atoms with E-state index in [2.05, 4.69) is 10.1 Å². The molecule has 132 valence electrons. The lowest BCUT2D eigenvalue weighted by atomic mass is 10.3. The van der Waals surface area contributed by atoms with Gasteiger partial charge in [0.15, 0.2) is 11.2 Å². The number of hydrogen-bond donors (Lipinski definition) is 0. The average Bonchev–Trinajstić information content (AvgIpc) is 3.15. The second-order valence-electron chi connectivity index (χ2n) is 5.94. The number of carbonyl (C=O) groups is 1. The number of aryl methyl sites for hydroxylation is 3. The molecule has 0 fully saturated rings. The van der Waals surface area contributed by atoms with E-state index in [0.29, 0.717) is 11.5 Å². The van der Waals surface area contributed by atoms with Crippen LogP contribution in [-0.4, -0.2) is 41.7 Å². The molecular weight excluding hydrogens is 328 g/mol. The van der Waals surface area contributed by atoms with E-state index in [1.807, 2.05) is 0 Å². The van der Waals surface area contributed by atoms with Gasteiger partial charge in [-0.2, -0.15) is 0 Å². The Bertz CT molecular complexity index is 1070. The van der Waals surface area contributed by atoms with Gasteiger partial charge >= 0.3 is 5.69 Å². The quantitative estimate of drug-likeness (QED) is 0.623. The lowest BCUT2D eigenvalue weighted by Gasteiger charge is -2.16. The fourth-order valence-corrected chi connectivity index (χ4v) is 2.62. The molecule has 0 aliphatic carbocycles. The summed E-state index contributed by atoms with van der Waals surface area (Å²) in [6.07, 6.45) is 1.46. The lowest BCUT2D eigenvalue weighted by molar-refractivity contribution is -0.131. The second kappa shape index (κ2) is 6.04. The predicted molar refractivity (Wildman–Crippen MR) is 87.9 cm³/mol. The van der Waals surface area contributed by atoms with Crippen LogP contribution in [0, 0.1) is 6.92 Å². The first-order valence-corrected chi connectivity index (χ1v) is 7.56. The van der Waals surface area contributed by atoms with Crippen LogP contribution < -0.4 is 11.2 Å². The van der Waals surface area contributed by atoms with Crippen molar-refractivity contribution in [2.45, 2.75) is 20.0 Å². The molecule has 0 aliphatic rings. The molecule has 3 aromatic rings. The summed E-state index contributed by atoms with van der Waals surface area (Å²) >= 11 is 0. The molecule has 10 nitrogen and oxygen atoms in total. The van der Waals surface area contributed by atoms with Crippen molar-refractivity contribution in [1.82, 2.24) is 28.7 Å². The third-order valence-corrected chi connectivity index (χ3v) is 4.00. The van der Waals surface area contributed by atoms with Crippen LogP contribution in [0.3, 0.4) is 0 Å². The lowest BCUT2D eigenvalue weighted by Crippen LogP contribution is -2.43. The average molecular weight is 346 g/mol. The highest BCUT2D eigenvalue weighted by atomic mass is 16.5. The maximum Gasteiger partial charge on any atom is 0.332 e. The summed E-state index contributed by atoms with van der Waals surface area (Å²) in [6, 6.07) is 1.72. The number of carbonyl (C=O) groups excluding carboxylic acids is 1. The third kappa shape index (κ3) is 2.86. The third-order valence-electron chi connectivity index (χ3n) is 4.00. The van der Waals surface area contributed by atoms with Crippen LogP contribution in [0.25, 0.3) is 11.2 Å². The molecule has 0 N–H and O–H groups in total. The van der Waals surface area contributed by atoms with Crippen LogP contribution in [0.5, 0.6) is 0 Å². The molecule has 25 heavy (non-hydrogen) atoms. The van der Waals surface area contributed by atoms with Crippen LogP contribution in [0.1, 0.15) is 11.5 Å². The first-order chi connectivity index (χ1) is 11.8. The van der Waals surface area contributed by atoms with Gasteiger partial charge in [0.05, 0.1) is 12.9 Å². The molecule has 0 aliphatic heterocycles. The minimum Gasteiger partial charge on any atom is -0.361 e. The molecule has 3 heterocycles. The maximum absolute atomic E-state index is 12.6. The van der Waals surface area contributed by atoms with E-state index >= 15 is 0 Å². The molecular formula is C15H18N6O4. The van der Waals surface area contributed by atoms with Gasteiger partial charge in [-0.05, 0) is 6.92 Å². The Hall–Kier alpha value is -3.17. The minimum atomic E-state index is -0.588. The zero-order chi connectivity index (χ0) is 18.3. The number of imidazole rings is 1. The Balaban J connectivity index is 1.92. The summed E-state index contributed by atoms with van der Waals surface area (Å²) in [7, 11) is 4.75. The molecule has 10 heteroatoms.